The fraction of sp³-hybridized carbons (Fsp3) is 0.273. The minimum atomic E-state index is -0.211. The molecule has 0 saturated heterocycles. The number of nitrogens with one attached hydrogen (secondary N) is 1. The maximum atomic E-state index is 12.1. The van der Waals surface area contributed by atoms with Crippen LogP contribution < -0.4 is 10.3 Å². The molecular formula is C22H25N3O. The number of allylic oxidation sites excluding steroid dienone is 1. The molecule has 1 aliphatic rings. The molecule has 1 amide bonds. The number of likely N-dealkylation sites (N-methyl/N-ethyl adjacent to an activating group) is 1. The highest BCUT2D eigenvalue weighted by Gasteiger charge is 2.28. The van der Waals surface area contributed by atoms with Crippen molar-refractivity contribution in [2.24, 2.45) is 5.10 Å². The third-order valence-electron chi connectivity index (χ3n) is 4.93. The number of amides is 1. The number of nitrogens with zero attached hydrogens (tertiary/aromatic N) is 2. The van der Waals surface area contributed by atoms with Gasteiger partial charge in [-0.3, -0.25) is 4.79 Å². The van der Waals surface area contributed by atoms with Gasteiger partial charge < -0.3 is 4.90 Å². The highest BCUT2D eigenvalue weighted by atomic mass is 16.2. The Balaban J connectivity index is 1.75. The van der Waals surface area contributed by atoms with Crippen LogP contribution in [0.1, 0.15) is 47.8 Å². The van der Waals surface area contributed by atoms with E-state index in [1.54, 1.807) is 18.3 Å². The third-order valence-corrected chi connectivity index (χ3v) is 4.93. The van der Waals surface area contributed by atoms with Gasteiger partial charge in [0.05, 0.1) is 11.8 Å². The van der Waals surface area contributed by atoms with Gasteiger partial charge in [-0.1, -0.05) is 29.8 Å². The summed E-state index contributed by atoms with van der Waals surface area (Å²) in [6.07, 6.45) is 3.95. The minimum Gasteiger partial charge on any atom is -0.366 e. The van der Waals surface area contributed by atoms with Crippen LogP contribution >= 0.6 is 0 Å². The van der Waals surface area contributed by atoms with Crippen LogP contribution in [0.15, 0.2) is 53.6 Å². The molecule has 0 bridgehead atoms. The van der Waals surface area contributed by atoms with E-state index in [1.807, 2.05) is 25.1 Å². The molecule has 0 saturated carbocycles. The van der Waals surface area contributed by atoms with Gasteiger partial charge in [0.2, 0.25) is 0 Å². The maximum Gasteiger partial charge on any atom is 0.271 e. The predicted octanol–water partition coefficient (Wildman–Crippen LogP) is 4.39. The van der Waals surface area contributed by atoms with Gasteiger partial charge in [-0.05, 0) is 63.1 Å². The van der Waals surface area contributed by atoms with E-state index in [9.17, 15) is 4.79 Å². The summed E-state index contributed by atoms with van der Waals surface area (Å²) in [5.41, 5.74) is 8.90. The second kappa shape index (κ2) is 6.79. The Bertz CT molecular complexity index is 892. The van der Waals surface area contributed by atoms with E-state index in [1.165, 1.54) is 16.8 Å². The number of aryl methyl sites for hydroxylation is 1. The van der Waals surface area contributed by atoms with Crippen LogP contribution in [0.5, 0.6) is 0 Å². The number of rotatable bonds is 3. The number of hydrogen-bond acceptors (Lipinski definition) is 3. The maximum absolute atomic E-state index is 12.1. The number of carbonyl (C=O) groups is 1. The molecule has 0 atom stereocenters. The first-order chi connectivity index (χ1) is 12.3. The Morgan fingerprint density at radius 3 is 2.50 bits per heavy atom. The quantitative estimate of drug-likeness (QED) is 0.661. The minimum absolute atomic E-state index is 0.00526. The van der Waals surface area contributed by atoms with Crippen LogP contribution in [0.25, 0.3) is 5.57 Å². The van der Waals surface area contributed by atoms with Crippen molar-refractivity contribution < 1.29 is 4.79 Å². The van der Waals surface area contributed by atoms with Crippen LogP contribution in [0.3, 0.4) is 0 Å². The largest absolute Gasteiger partial charge is 0.366 e. The zero-order valence-corrected chi connectivity index (χ0v) is 16.0. The van der Waals surface area contributed by atoms with Crippen molar-refractivity contribution >= 4 is 23.4 Å². The van der Waals surface area contributed by atoms with Gasteiger partial charge in [-0.15, -0.1) is 0 Å². The molecule has 134 valence electrons. The molecule has 0 radical (unpaired) electrons. The molecule has 0 spiro atoms. The van der Waals surface area contributed by atoms with Crippen molar-refractivity contribution in [2.45, 2.75) is 33.2 Å². The van der Waals surface area contributed by atoms with E-state index in [0.717, 1.165) is 11.1 Å². The second-order valence-corrected chi connectivity index (χ2v) is 7.38. The van der Waals surface area contributed by atoms with Gasteiger partial charge in [0.15, 0.2) is 0 Å². The molecular weight excluding hydrogens is 322 g/mol. The molecule has 4 nitrogen and oxygen atoms in total. The van der Waals surface area contributed by atoms with E-state index in [-0.39, 0.29) is 11.4 Å². The lowest BCUT2D eigenvalue weighted by atomic mass is 9.89. The average molecular weight is 347 g/mol. The molecule has 0 aromatic heterocycles. The molecule has 2 aromatic rings. The Hall–Kier alpha value is -2.88. The molecule has 26 heavy (non-hydrogen) atoms. The normalized spacial score (nSPS) is 15.6. The number of benzene rings is 2. The van der Waals surface area contributed by atoms with E-state index in [4.69, 9.17) is 0 Å². The first-order valence-corrected chi connectivity index (χ1v) is 8.76. The Kier molecular flexibility index (Phi) is 4.68. The average Bonchev–Trinajstić information content (AvgIpc) is 2.60. The number of hydrogen-bond donors (Lipinski definition) is 1. The summed E-state index contributed by atoms with van der Waals surface area (Å²) in [6, 6.07) is 13.6. The van der Waals surface area contributed by atoms with E-state index >= 15 is 0 Å². The van der Waals surface area contributed by atoms with Crippen LogP contribution in [0, 0.1) is 6.92 Å². The summed E-state index contributed by atoms with van der Waals surface area (Å²) in [6.45, 7) is 8.53. The van der Waals surface area contributed by atoms with Crippen molar-refractivity contribution in [1.82, 2.24) is 5.43 Å². The number of anilines is 1. The fourth-order valence-electron chi connectivity index (χ4n) is 3.19. The molecule has 0 aliphatic carbocycles. The van der Waals surface area contributed by atoms with E-state index in [2.05, 4.69) is 61.5 Å². The zero-order valence-electron chi connectivity index (χ0n) is 16.0. The van der Waals surface area contributed by atoms with Gasteiger partial charge in [-0.2, -0.15) is 5.10 Å². The SMILES string of the molecule is CC1=CC(C)(C)N(C)c2ccc(/C=N/NC(=O)c3ccc(C)cc3)cc21. The molecule has 4 heteroatoms. The Labute approximate surface area is 155 Å². The van der Waals surface area contributed by atoms with Gasteiger partial charge in [0.25, 0.3) is 5.91 Å². The van der Waals surface area contributed by atoms with Crippen LogP contribution in [0.4, 0.5) is 5.69 Å². The van der Waals surface area contributed by atoms with Gasteiger partial charge in [-0.25, -0.2) is 5.43 Å². The van der Waals surface area contributed by atoms with Crippen LogP contribution in [-0.2, 0) is 0 Å². The number of fused-ring (bicyclic) bond motifs is 1. The zero-order chi connectivity index (χ0) is 18.9. The monoisotopic (exact) mass is 347 g/mol. The lowest BCUT2D eigenvalue weighted by Gasteiger charge is -2.40. The fourth-order valence-corrected chi connectivity index (χ4v) is 3.19. The Morgan fingerprint density at radius 2 is 1.81 bits per heavy atom. The molecule has 3 rings (SSSR count). The van der Waals surface area contributed by atoms with Gasteiger partial charge in [0.1, 0.15) is 0 Å². The van der Waals surface area contributed by atoms with E-state index < -0.39 is 0 Å². The van der Waals surface area contributed by atoms with E-state index in [0.29, 0.717) is 5.56 Å². The third kappa shape index (κ3) is 3.54. The lowest BCUT2D eigenvalue weighted by molar-refractivity contribution is 0.0955. The Morgan fingerprint density at radius 1 is 1.12 bits per heavy atom. The smallest absolute Gasteiger partial charge is 0.271 e. The van der Waals surface area contributed by atoms with Crippen molar-refractivity contribution in [1.29, 1.82) is 0 Å². The van der Waals surface area contributed by atoms with Gasteiger partial charge in [0, 0.05) is 23.9 Å². The number of hydrazone groups is 1. The highest BCUT2D eigenvalue weighted by molar-refractivity contribution is 5.95. The predicted molar refractivity (Wildman–Crippen MR) is 109 cm³/mol. The lowest BCUT2D eigenvalue weighted by Crippen LogP contribution is -2.42. The van der Waals surface area contributed by atoms with Crippen molar-refractivity contribution in [2.75, 3.05) is 11.9 Å². The first kappa shape index (κ1) is 17.9. The molecule has 0 fully saturated rings. The molecule has 0 unspecified atom stereocenters. The highest BCUT2D eigenvalue weighted by Crippen LogP contribution is 2.37. The molecule has 1 N–H and O–H groups in total. The molecule has 1 aliphatic heterocycles. The van der Waals surface area contributed by atoms with Crippen LogP contribution in [0.2, 0.25) is 0 Å². The van der Waals surface area contributed by atoms with Crippen molar-refractivity contribution in [3.05, 3.63) is 70.8 Å². The summed E-state index contributed by atoms with van der Waals surface area (Å²) < 4.78 is 0. The second-order valence-electron chi connectivity index (χ2n) is 7.38. The summed E-state index contributed by atoms with van der Waals surface area (Å²) in [5.74, 6) is -0.211. The summed E-state index contributed by atoms with van der Waals surface area (Å²) in [4.78, 5) is 14.4. The molecule has 1 heterocycles. The van der Waals surface area contributed by atoms with Crippen molar-refractivity contribution in [3.8, 4) is 0 Å². The summed E-state index contributed by atoms with van der Waals surface area (Å²) >= 11 is 0. The molecule has 2 aromatic carbocycles. The number of carbonyl (C=O) groups excluding carboxylic acids is 1. The van der Waals surface area contributed by atoms with Crippen molar-refractivity contribution in [3.63, 3.8) is 0 Å². The summed E-state index contributed by atoms with van der Waals surface area (Å²) in [5, 5.41) is 4.10. The standard InChI is InChI=1S/C22H25N3O/c1-15-6-9-18(10-7-15)21(26)24-23-14-17-8-11-20-19(12-17)16(2)13-22(3,4)25(20)5/h6-14H,1-5H3,(H,24,26)/b23-14+. The topological polar surface area (TPSA) is 44.7 Å². The van der Waals surface area contributed by atoms with Crippen LogP contribution in [-0.4, -0.2) is 24.7 Å². The summed E-state index contributed by atoms with van der Waals surface area (Å²) in [7, 11) is 2.11. The van der Waals surface area contributed by atoms with Gasteiger partial charge >= 0.3 is 0 Å². The first-order valence-electron chi connectivity index (χ1n) is 8.76.